The quantitative estimate of drug-likeness (QED) is 0.830. The number of methoxy groups -OCH3 is 1. The molecule has 114 valence electrons. The molecular weight excluding hydrogens is 287 g/mol. The van der Waals surface area contributed by atoms with Crippen molar-refractivity contribution < 1.29 is 17.9 Å². The van der Waals surface area contributed by atoms with Gasteiger partial charge in [-0.3, -0.25) is 4.68 Å². The molecule has 0 radical (unpaired) electrons. The van der Waals surface area contributed by atoms with E-state index in [0.717, 1.165) is 18.7 Å². The molecule has 6 nitrogen and oxygen atoms in total. The van der Waals surface area contributed by atoms with Crippen LogP contribution in [0.4, 0.5) is 24.9 Å². The maximum atomic E-state index is 12.5. The number of anilines is 2. The standard InChI is InChI=1S/C12H14F3N5O/c1-21-8-2-6-20-7-4-10(19-20)18-11-16-5-3-9(17-11)12(13,14)15/h3-5,7H,2,6,8H2,1H3,(H,16,17,18,19). The molecule has 0 aliphatic carbocycles. The van der Waals surface area contributed by atoms with Gasteiger partial charge in [0, 0.05) is 38.7 Å². The smallest absolute Gasteiger partial charge is 0.385 e. The lowest BCUT2D eigenvalue weighted by atomic mass is 10.4. The molecule has 2 rings (SSSR count). The van der Waals surface area contributed by atoms with Crippen LogP contribution in [0.1, 0.15) is 12.1 Å². The lowest BCUT2D eigenvalue weighted by Gasteiger charge is -2.07. The van der Waals surface area contributed by atoms with Crippen molar-refractivity contribution in [3.05, 3.63) is 30.2 Å². The van der Waals surface area contributed by atoms with Gasteiger partial charge in [-0.15, -0.1) is 0 Å². The van der Waals surface area contributed by atoms with Crippen LogP contribution in [0.3, 0.4) is 0 Å². The number of nitrogens with zero attached hydrogens (tertiary/aromatic N) is 4. The molecule has 0 atom stereocenters. The van der Waals surface area contributed by atoms with Crippen LogP contribution in [-0.2, 0) is 17.5 Å². The maximum Gasteiger partial charge on any atom is 0.433 e. The van der Waals surface area contributed by atoms with Gasteiger partial charge in [-0.05, 0) is 12.5 Å². The second kappa shape index (κ2) is 6.53. The van der Waals surface area contributed by atoms with E-state index in [4.69, 9.17) is 4.74 Å². The molecule has 0 aromatic carbocycles. The summed E-state index contributed by atoms with van der Waals surface area (Å²) in [5, 5.41) is 6.80. The van der Waals surface area contributed by atoms with Crippen molar-refractivity contribution in [2.75, 3.05) is 19.0 Å². The van der Waals surface area contributed by atoms with E-state index < -0.39 is 11.9 Å². The molecule has 0 aliphatic heterocycles. The summed E-state index contributed by atoms with van der Waals surface area (Å²) in [4.78, 5) is 7.15. The van der Waals surface area contributed by atoms with Gasteiger partial charge in [0.15, 0.2) is 5.82 Å². The molecule has 1 N–H and O–H groups in total. The van der Waals surface area contributed by atoms with Gasteiger partial charge in [-0.25, -0.2) is 9.97 Å². The molecule has 0 spiro atoms. The van der Waals surface area contributed by atoms with Crippen LogP contribution >= 0.6 is 0 Å². The third kappa shape index (κ3) is 4.42. The van der Waals surface area contributed by atoms with Crippen molar-refractivity contribution in [2.45, 2.75) is 19.1 Å². The summed E-state index contributed by atoms with van der Waals surface area (Å²) < 4.78 is 44.2. The van der Waals surface area contributed by atoms with Crippen LogP contribution in [0, 0.1) is 0 Å². The first-order valence-electron chi connectivity index (χ1n) is 6.18. The summed E-state index contributed by atoms with van der Waals surface area (Å²) in [6, 6.07) is 2.45. The molecule has 0 aliphatic rings. The van der Waals surface area contributed by atoms with Crippen LogP contribution in [0.25, 0.3) is 0 Å². The third-order valence-electron chi connectivity index (χ3n) is 2.56. The van der Waals surface area contributed by atoms with Gasteiger partial charge in [0.05, 0.1) is 0 Å². The SMILES string of the molecule is COCCCn1ccc(Nc2nccc(C(F)(F)F)n2)n1. The van der Waals surface area contributed by atoms with E-state index >= 15 is 0 Å². The van der Waals surface area contributed by atoms with Gasteiger partial charge in [-0.1, -0.05) is 0 Å². The molecular formula is C12H14F3N5O. The number of alkyl halides is 3. The highest BCUT2D eigenvalue weighted by atomic mass is 19.4. The number of hydrogen-bond donors (Lipinski definition) is 1. The van der Waals surface area contributed by atoms with Crippen molar-refractivity contribution in [1.29, 1.82) is 0 Å². The minimum Gasteiger partial charge on any atom is -0.385 e. The summed E-state index contributed by atoms with van der Waals surface area (Å²) in [5.41, 5.74) is -1.00. The van der Waals surface area contributed by atoms with Crippen LogP contribution in [0.15, 0.2) is 24.5 Å². The maximum absolute atomic E-state index is 12.5. The topological polar surface area (TPSA) is 64.9 Å². The Morgan fingerprint density at radius 1 is 1.33 bits per heavy atom. The van der Waals surface area contributed by atoms with Crippen molar-refractivity contribution in [1.82, 2.24) is 19.7 Å². The average Bonchev–Trinajstić information content (AvgIpc) is 2.86. The van der Waals surface area contributed by atoms with Crippen LogP contribution in [0.5, 0.6) is 0 Å². The van der Waals surface area contributed by atoms with Crippen molar-refractivity contribution >= 4 is 11.8 Å². The zero-order chi connectivity index (χ0) is 15.3. The number of ether oxygens (including phenoxy) is 1. The molecule has 0 amide bonds. The molecule has 0 saturated carbocycles. The molecule has 0 bridgehead atoms. The molecule has 0 unspecified atom stereocenters. The second-order valence-corrected chi connectivity index (χ2v) is 4.20. The van der Waals surface area contributed by atoms with Gasteiger partial charge in [0.1, 0.15) is 5.69 Å². The van der Waals surface area contributed by atoms with E-state index in [1.54, 1.807) is 24.1 Å². The predicted octanol–water partition coefficient (Wildman–Crippen LogP) is 2.47. The second-order valence-electron chi connectivity index (χ2n) is 4.20. The largest absolute Gasteiger partial charge is 0.433 e. The van der Waals surface area contributed by atoms with E-state index in [1.165, 1.54) is 0 Å². The van der Waals surface area contributed by atoms with Crippen LogP contribution < -0.4 is 5.32 Å². The monoisotopic (exact) mass is 301 g/mol. The molecule has 0 saturated heterocycles. The first kappa shape index (κ1) is 15.2. The highest BCUT2D eigenvalue weighted by Crippen LogP contribution is 2.27. The molecule has 21 heavy (non-hydrogen) atoms. The fourth-order valence-corrected chi connectivity index (χ4v) is 1.62. The minimum absolute atomic E-state index is 0.146. The molecule has 2 heterocycles. The van der Waals surface area contributed by atoms with Crippen LogP contribution in [-0.4, -0.2) is 33.5 Å². The van der Waals surface area contributed by atoms with E-state index in [0.29, 0.717) is 19.0 Å². The normalized spacial score (nSPS) is 11.6. The molecule has 0 fully saturated rings. The lowest BCUT2D eigenvalue weighted by Crippen LogP contribution is -2.10. The predicted molar refractivity (Wildman–Crippen MR) is 69.0 cm³/mol. The summed E-state index contributed by atoms with van der Waals surface area (Å²) >= 11 is 0. The highest BCUT2D eigenvalue weighted by Gasteiger charge is 2.32. The van der Waals surface area contributed by atoms with Crippen molar-refractivity contribution in [2.24, 2.45) is 0 Å². The van der Waals surface area contributed by atoms with Crippen LogP contribution in [0.2, 0.25) is 0 Å². The van der Waals surface area contributed by atoms with Gasteiger partial charge >= 0.3 is 6.18 Å². The molecule has 2 aromatic rings. The Bertz CT molecular complexity index is 584. The number of halogens is 3. The summed E-state index contributed by atoms with van der Waals surface area (Å²) in [6.07, 6.45) is -0.949. The van der Waals surface area contributed by atoms with E-state index in [-0.39, 0.29) is 5.95 Å². The fraction of sp³-hybridized carbons (Fsp3) is 0.417. The summed E-state index contributed by atoms with van der Waals surface area (Å²) in [7, 11) is 1.61. The number of rotatable bonds is 6. The highest BCUT2D eigenvalue weighted by molar-refractivity contribution is 5.46. The zero-order valence-electron chi connectivity index (χ0n) is 11.3. The van der Waals surface area contributed by atoms with Gasteiger partial charge in [-0.2, -0.15) is 18.3 Å². The Morgan fingerprint density at radius 3 is 2.86 bits per heavy atom. The summed E-state index contributed by atoms with van der Waals surface area (Å²) in [6.45, 7) is 1.26. The van der Waals surface area contributed by atoms with Gasteiger partial charge < -0.3 is 10.1 Å². The Morgan fingerprint density at radius 2 is 2.14 bits per heavy atom. The number of aryl methyl sites for hydroxylation is 1. The first-order valence-corrected chi connectivity index (χ1v) is 6.18. The summed E-state index contributed by atoms with van der Waals surface area (Å²) in [5.74, 6) is 0.235. The Hall–Kier alpha value is -2.16. The number of hydrogen-bond acceptors (Lipinski definition) is 5. The van der Waals surface area contributed by atoms with Gasteiger partial charge in [0.25, 0.3) is 0 Å². The number of aromatic nitrogens is 4. The fourth-order valence-electron chi connectivity index (χ4n) is 1.62. The van der Waals surface area contributed by atoms with Crippen molar-refractivity contribution in [3.8, 4) is 0 Å². The van der Waals surface area contributed by atoms with E-state index in [1.807, 2.05) is 0 Å². The van der Waals surface area contributed by atoms with Crippen molar-refractivity contribution in [3.63, 3.8) is 0 Å². The molecule has 2 aromatic heterocycles. The average molecular weight is 301 g/mol. The zero-order valence-corrected chi connectivity index (χ0v) is 11.3. The number of nitrogens with one attached hydrogen (secondary N) is 1. The van der Waals surface area contributed by atoms with E-state index in [2.05, 4.69) is 20.4 Å². The lowest BCUT2D eigenvalue weighted by molar-refractivity contribution is -0.141. The molecule has 9 heteroatoms. The van der Waals surface area contributed by atoms with E-state index in [9.17, 15) is 13.2 Å². The minimum atomic E-state index is -4.50. The Kier molecular flexibility index (Phi) is 4.73. The Labute approximate surface area is 119 Å². The van der Waals surface area contributed by atoms with Gasteiger partial charge in [0.2, 0.25) is 5.95 Å². The third-order valence-corrected chi connectivity index (χ3v) is 2.56. The Balaban J connectivity index is 2.02. The first-order chi connectivity index (χ1) is 9.99.